The van der Waals surface area contributed by atoms with Crippen LogP contribution in [0.2, 0.25) is 0 Å². The summed E-state index contributed by atoms with van der Waals surface area (Å²) in [5.41, 5.74) is 0. The molecule has 5 amide bonds. The summed E-state index contributed by atoms with van der Waals surface area (Å²) in [7, 11) is 0. The standard InChI is InChI=1S/C6H8N2O3.C5H8N2O2/c1-3(9)4-2-5(10)8-6(11)7-4;1-3(8)4-2-6-5(9)7-4/h4H,2H2,1H3,(H2,7,8,10,11);4H,2H2,1H3,(H2,6,7,9). The molecule has 2 fully saturated rings. The highest BCUT2D eigenvalue weighted by Crippen LogP contribution is 1.98. The van der Waals surface area contributed by atoms with Crippen molar-refractivity contribution in [2.45, 2.75) is 32.4 Å². The van der Waals surface area contributed by atoms with Crippen molar-refractivity contribution in [3.8, 4) is 0 Å². The van der Waals surface area contributed by atoms with E-state index in [-0.39, 0.29) is 30.1 Å². The van der Waals surface area contributed by atoms with Gasteiger partial charge < -0.3 is 16.0 Å². The molecule has 0 aromatic heterocycles. The minimum Gasteiger partial charge on any atom is -0.336 e. The number of hydrogen-bond acceptors (Lipinski definition) is 5. The molecule has 2 unspecified atom stereocenters. The van der Waals surface area contributed by atoms with Crippen molar-refractivity contribution in [3.63, 3.8) is 0 Å². The lowest BCUT2D eigenvalue weighted by Crippen LogP contribution is -2.54. The highest BCUT2D eigenvalue weighted by atomic mass is 16.2. The van der Waals surface area contributed by atoms with Crippen molar-refractivity contribution in [2.24, 2.45) is 0 Å². The van der Waals surface area contributed by atoms with E-state index in [1.807, 2.05) is 5.32 Å². The van der Waals surface area contributed by atoms with Gasteiger partial charge in [0.15, 0.2) is 11.6 Å². The minimum atomic E-state index is -0.642. The van der Waals surface area contributed by atoms with Crippen molar-refractivity contribution in [1.29, 1.82) is 0 Å². The van der Waals surface area contributed by atoms with E-state index in [1.54, 1.807) is 0 Å². The maximum absolute atomic E-state index is 10.7. The van der Waals surface area contributed by atoms with Crippen molar-refractivity contribution >= 4 is 29.5 Å². The van der Waals surface area contributed by atoms with Crippen molar-refractivity contribution in [2.75, 3.05) is 6.54 Å². The minimum absolute atomic E-state index is 0.00616. The molecule has 9 heteroatoms. The zero-order valence-electron chi connectivity index (χ0n) is 11.1. The van der Waals surface area contributed by atoms with E-state index in [2.05, 4.69) is 16.0 Å². The second-order valence-corrected chi connectivity index (χ2v) is 4.41. The molecule has 0 aliphatic carbocycles. The number of carbonyl (C=O) groups excluding carboxylic acids is 5. The Hall–Kier alpha value is -2.45. The highest BCUT2D eigenvalue weighted by Gasteiger charge is 2.26. The van der Waals surface area contributed by atoms with Gasteiger partial charge in [-0.2, -0.15) is 0 Å². The normalized spacial score (nSPS) is 24.4. The number of ketones is 2. The summed E-state index contributed by atoms with van der Waals surface area (Å²) in [4.78, 5) is 52.9. The molecule has 2 aliphatic rings. The smallest absolute Gasteiger partial charge is 0.322 e. The fraction of sp³-hybridized carbons (Fsp3) is 0.545. The predicted octanol–water partition coefficient (Wildman–Crippen LogP) is -1.57. The molecule has 9 nitrogen and oxygen atoms in total. The van der Waals surface area contributed by atoms with Crippen LogP contribution in [0.1, 0.15) is 20.3 Å². The molecule has 4 N–H and O–H groups in total. The van der Waals surface area contributed by atoms with Crippen molar-refractivity contribution < 1.29 is 24.0 Å². The van der Waals surface area contributed by atoms with Crippen LogP contribution in [0.15, 0.2) is 0 Å². The van der Waals surface area contributed by atoms with Crippen LogP contribution in [0.5, 0.6) is 0 Å². The summed E-state index contributed by atoms with van der Waals surface area (Å²) in [6, 6.07) is -1.80. The van der Waals surface area contributed by atoms with Gasteiger partial charge in [-0.25, -0.2) is 9.59 Å². The topological polar surface area (TPSA) is 133 Å². The Morgan fingerprint density at radius 2 is 1.50 bits per heavy atom. The number of rotatable bonds is 2. The molecular formula is C11H16N4O5. The Balaban J connectivity index is 0.000000204. The molecule has 0 spiro atoms. The maximum atomic E-state index is 10.7. The van der Waals surface area contributed by atoms with Crippen LogP contribution in [0.3, 0.4) is 0 Å². The number of hydrogen-bond donors (Lipinski definition) is 4. The van der Waals surface area contributed by atoms with E-state index in [0.717, 1.165) is 0 Å². The molecule has 0 aromatic rings. The lowest BCUT2D eigenvalue weighted by Gasteiger charge is -2.20. The van der Waals surface area contributed by atoms with Gasteiger partial charge in [-0.1, -0.05) is 0 Å². The first-order valence-corrected chi connectivity index (χ1v) is 5.95. The van der Waals surface area contributed by atoms with Crippen LogP contribution < -0.4 is 21.3 Å². The summed E-state index contributed by atoms with van der Waals surface area (Å²) >= 11 is 0. The second-order valence-electron chi connectivity index (χ2n) is 4.41. The van der Waals surface area contributed by atoms with Gasteiger partial charge in [0.2, 0.25) is 5.91 Å². The third-order valence-corrected chi connectivity index (χ3v) is 2.70. The first-order valence-electron chi connectivity index (χ1n) is 5.95. The van der Waals surface area contributed by atoms with Crippen LogP contribution in [0, 0.1) is 0 Å². The van der Waals surface area contributed by atoms with Gasteiger partial charge in [0, 0.05) is 6.54 Å². The van der Waals surface area contributed by atoms with E-state index >= 15 is 0 Å². The summed E-state index contributed by atoms with van der Waals surface area (Å²) in [5, 5.41) is 9.28. The van der Waals surface area contributed by atoms with Crippen molar-refractivity contribution in [1.82, 2.24) is 21.3 Å². The summed E-state index contributed by atoms with van der Waals surface area (Å²) in [6.45, 7) is 3.22. The number of carbonyl (C=O) groups is 5. The highest BCUT2D eigenvalue weighted by molar-refractivity contribution is 6.02. The molecule has 0 bridgehead atoms. The molecule has 0 saturated carbocycles. The van der Waals surface area contributed by atoms with Crippen LogP contribution in [0.25, 0.3) is 0 Å². The Morgan fingerprint density at radius 3 is 1.85 bits per heavy atom. The molecule has 0 radical (unpaired) electrons. The average Bonchev–Trinajstić information content (AvgIpc) is 2.75. The van der Waals surface area contributed by atoms with E-state index in [1.165, 1.54) is 13.8 Å². The Kier molecular flexibility index (Phi) is 5.18. The fourth-order valence-corrected chi connectivity index (χ4v) is 1.55. The Labute approximate surface area is 114 Å². The van der Waals surface area contributed by atoms with Crippen LogP contribution >= 0.6 is 0 Å². The predicted molar refractivity (Wildman–Crippen MR) is 66.8 cm³/mol. The van der Waals surface area contributed by atoms with Gasteiger partial charge in [0.1, 0.15) is 6.04 Å². The largest absolute Gasteiger partial charge is 0.336 e. The fourth-order valence-electron chi connectivity index (χ4n) is 1.55. The van der Waals surface area contributed by atoms with Crippen LogP contribution in [-0.2, 0) is 14.4 Å². The monoisotopic (exact) mass is 284 g/mol. The quantitative estimate of drug-likeness (QED) is 0.486. The van der Waals surface area contributed by atoms with Gasteiger partial charge in [-0.3, -0.25) is 19.7 Å². The van der Waals surface area contributed by atoms with E-state index in [0.29, 0.717) is 6.54 Å². The second kappa shape index (κ2) is 6.64. The molecule has 2 rings (SSSR count). The molecule has 20 heavy (non-hydrogen) atoms. The zero-order valence-corrected chi connectivity index (χ0v) is 11.1. The first kappa shape index (κ1) is 15.6. The van der Waals surface area contributed by atoms with Crippen LogP contribution in [-0.4, -0.2) is 48.2 Å². The molecule has 2 saturated heterocycles. The summed E-state index contributed by atoms with van der Waals surface area (Å²) in [6.07, 6.45) is 0.0427. The first-order chi connectivity index (χ1) is 9.29. The third kappa shape index (κ3) is 4.67. The van der Waals surface area contributed by atoms with Crippen LogP contribution in [0.4, 0.5) is 9.59 Å². The van der Waals surface area contributed by atoms with E-state index in [9.17, 15) is 24.0 Å². The van der Waals surface area contributed by atoms with Gasteiger partial charge >= 0.3 is 12.1 Å². The number of amides is 5. The van der Waals surface area contributed by atoms with Gasteiger partial charge in [-0.15, -0.1) is 0 Å². The molecular weight excluding hydrogens is 268 g/mol. The van der Waals surface area contributed by atoms with Crippen molar-refractivity contribution in [3.05, 3.63) is 0 Å². The van der Waals surface area contributed by atoms with Gasteiger partial charge in [-0.05, 0) is 13.8 Å². The maximum Gasteiger partial charge on any atom is 0.322 e. The lowest BCUT2D eigenvalue weighted by atomic mass is 10.1. The lowest BCUT2D eigenvalue weighted by molar-refractivity contribution is -0.126. The number of Topliss-reactive ketones (excluding diaryl/α,β-unsaturated/α-hetero) is 2. The van der Waals surface area contributed by atoms with Gasteiger partial charge in [0.25, 0.3) is 0 Å². The zero-order chi connectivity index (χ0) is 15.3. The molecule has 2 heterocycles. The average molecular weight is 284 g/mol. The molecule has 2 aliphatic heterocycles. The third-order valence-electron chi connectivity index (χ3n) is 2.70. The molecule has 0 aromatic carbocycles. The summed E-state index contributed by atoms with van der Waals surface area (Å²) in [5.74, 6) is -0.615. The van der Waals surface area contributed by atoms with E-state index < -0.39 is 18.0 Å². The Morgan fingerprint density at radius 1 is 0.950 bits per heavy atom. The summed E-state index contributed by atoms with van der Waals surface area (Å²) < 4.78 is 0. The molecule has 2 atom stereocenters. The van der Waals surface area contributed by atoms with E-state index in [4.69, 9.17) is 0 Å². The van der Waals surface area contributed by atoms with Gasteiger partial charge in [0.05, 0.1) is 12.5 Å². The molecule has 110 valence electrons. The Bertz CT molecular complexity index is 446. The SMILES string of the molecule is CC(=O)C1CC(=O)NC(=O)N1.CC(=O)C1CNC(=O)N1. The number of imide groups is 1. The number of nitrogens with one attached hydrogen (secondary N) is 4. The number of urea groups is 2.